The summed E-state index contributed by atoms with van der Waals surface area (Å²) in [6.07, 6.45) is 2.18. The zero-order valence-corrected chi connectivity index (χ0v) is 9.44. The Kier molecular flexibility index (Phi) is 1.96. The summed E-state index contributed by atoms with van der Waals surface area (Å²) in [4.78, 5) is 4.53. The predicted octanol–water partition coefficient (Wildman–Crippen LogP) is 2.12. The summed E-state index contributed by atoms with van der Waals surface area (Å²) in [6, 6.07) is 8.87. The number of hydrogen-bond donors (Lipinski definition) is 1. The summed E-state index contributed by atoms with van der Waals surface area (Å²) in [5.74, 6) is 0.610. The lowest BCUT2D eigenvalue weighted by Crippen LogP contribution is -2.31. The Morgan fingerprint density at radius 2 is 2.25 bits per heavy atom. The van der Waals surface area contributed by atoms with Gasteiger partial charge in [0.1, 0.15) is 12.1 Å². The lowest BCUT2D eigenvalue weighted by atomic mass is 9.73. The molecule has 2 unspecified atom stereocenters. The van der Waals surface area contributed by atoms with Gasteiger partial charge in [0.05, 0.1) is 0 Å². The standard InChI is InChI=1S/C13H16N2O/c1-9-6-7-13(8-16-12(14)15-13)11-5-3-2-4-10(9)11/h2-5,9H,6-8H2,1H3,(H2,14,15). The van der Waals surface area contributed by atoms with Crippen molar-refractivity contribution in [3.63, 3.8) is 0 Å². The zero-order valence-electron chi connectivity index (χ0n) is 9.44. The van der Waals surface area contributed by atoms with E-state index in [0.717, 1.165) is 12.8 Å². The average Bonchev–Trinajstić information content (AvgIpc) is 2.68. The highest BCUT2D eigenvalue weighted by molar-refractivity contribution is 5.74. The van der Waals surface area contributed by atoms with Gasteiger partial charge in [0, 0.05) is 0 Å². The van der Waals surface area contributed by atoms with Crippen molar-refractivity contribution in [3.8, 4) is 0 Å². The first-order valence-corrected chi connectivity index (χ1v) is 5.79. The molecule has 0 amide bonds. The molecule has 0 aromatic heterocycles. The molecule has 1 heterocycles. The molecule has 0 saturated carbocycles. The van der Waals surface area contributed by atoms with E-state index in [4.69, 9.17) is 10.5 Å². The molecule has 0 radical (unpaired) electrons. The SMILES string of the molecule is CC1CCC2(COC(N)=N2)c2ccccc21. The van der Waals surface area contributed by atoms with Gasteiger partial charge in [0.25, 0.3) is 6.02 Å². The fraction of sp³-hybridized carbons (Fsp3) is 0.462. The molecule has 0 fully saturated rings. The monoisotopic (exact) mass is 216 g/mol. The van der Waals surface area contributed by atoms with Crippen LogP contribution in [0, 0.1) is 0 Å². The lowest BCUT2D eigenvalue weighted by molar-refractivity contribution is 0.228. The molecule has 2 atom stereocenters. The first-order valence-electron chi connectivity index (χ1n) is 5.79. The van der Waals surface area contributed by atoms with Crippen LogP contribution in [-0.2, 0) is 10.3 Å². The number of nitrogens with two attached hydrogens (primary N) is 1. The van der Waals surface area contributed by atoms with E-state index in [2.05, 4.69) is 36.2 Å². The minimum Gasteiger partial charge on any atom is -0.462 e. The Morgan fingerprint density at radius 3 is 3.00 bits per heavy atom. The van der Waals surface area contributed by atoms with E-state index in [1.165, 1.54) is 11.1 Å². The van der Waals surface area contributed by atoms with Crippen LogP contribution in [0.25, 0.3) is 0 Å². The number of rotatable bonds is 0. The van der Waals surface area contributed by atoms with Crippen molar-refractivity contribution in [2.45, 2.75) is 31.2 Å². The molecule has 1 aromatic rings. The number of ether oxygens (including phenoxy) is 1. The van der Waals surface area contributed by atoms with Crippen molar-refractivity contribution in [2.75, 3.05) is 6.61 Å². The van der Waals surface area contributed by atoms with E-state index >= 15 is 0 Å². The molecule has 1 aromatic carbocycles. The second-order valence-electron chi connectivity index (χ2n) is 4.80. The van der Waals surface area contributed by atoms with Gasteiger partial charge in [-0.2, -0.15) is 0 Å². The van der Waals surface area contributed by atoms with Gasteiger partial charge in [-0.1, -0.05) is 31.2 Å². The number of benzene rings is 1. The van der Waals surface area contributed by atoms with Gasteiger partial charge in [0.2, 0.25) is 0 Å². The molecule has 3 heteroatoms. The lowest BCUT2D eigenvalue weighted by Gasteiger charge is -2.34. The molecular formula is C13H16N2O. The molecular weight excluding hydrogens is 200 g/mol. The second-order valence-corrected chi connectivity index (χ2v) is 4.80. The van der Waals surface area contributed by atoms with Crippen molar-refractivity contribution in [1.29, 1.82) is 0 Å². The number of aliphatic imine (C=N–C) groups is 1. The summed E-state index contributed by atoms with van der Waals surface area (Å²) in [5, 5.41) is 0. The van der Waals surface area contributed by atoms with E-state index in [1.807, 2.05) is 0 Å². The number of fused-ring (bicyclic) bond motifs is 2. The minimum atomic E-state index is -0.201. The third-order valence-corrected chi connectivity index (χ3v) is 3.77. The highest BCUT2D eigenvalue weighted by atomic mass is 16.5. The Morgan fingerprint density at radius 1 is 1.44 bits per heavy atom. The summed E-state index contributed by atoms with van der Waals surface area (Å²) in [7, 11) is 0. The van der Waals surface area contributed by atoms with Crippen LogP contribution in [0.15, 0.2) is 29.3 Å². The smallest absolute Gasteiger partial charge is 0.283 e. The average molecular weight is 216 g/mol. The van der Waals surface area contributed by atoms with Gasteiger partial charge in [-0.05, 0) is 29.9 Å². The van der Waals surface area contributed by atoms with Gasteiger partial charge in [-0.3, -0.25) is 0 Å². The fourth-order valence-electron chi connectivity index (χ4n) is 2.83. The fourth-order valence-corrected chi connectivity index (χ4v) is 2.83. The molecule has 84 valence electrons. The van der Waals surface area contributed by atoms with Crippen molar-refractivity contribution in [1.82, 2.24) is 0 Å². The van der Waals surface area contributed by atoms with Crippen molar-refractivity contribution < 1.29 is 4.74 Å². The summed E-state index contributed by atoms with van der Waals surface area (Å²) >= 11 is 0. The molecule has 2 N–H and O–H groups in total. The minimum absolute atomic E-state index is 0.201. The molecule has 3 nitrogen and oxygen atoms in total. The summed E-state index contributed by atoms with van der Waals surface area (Å²) in [5.41, 5.74) is 8.16. The van der Waals surface area contributed by atoms with Gasteiger partial charge in [-0.25, -0.2) is 4.99 Å². The van der Waals surface area contributed by atoms with Crippen LogP contribution < -0.4 is 5.73 Å². The normalized spacial score (nSPS) is 32.1. The van der Waals surface area contributed by atoms with Gasteiger partial charge in [-0.15, -0.1) is 0 Å². The van der Waals surface area contributed by atoms with Crippen LogP contribution in [-0.4, -0.2) is 12.6 Å². The topological polar surface area (TPSA) is 47.6 Å². The highest BCUT2D eigenvalue weighted by Crippen LogP contribution is 2.45. The van der Waals surface area contributed by atoms with Crippen LogP contribution in [0.1, 0.15) is 36.8 Å². The maximum absolute atomic E-state index is 5.66. The summed E-state index contributed by atoms with van der Waals surface area (Å²) < 4.78 is 5.37. The third kappa shape index (κ3) is 1.24. The van der Waals surface area contributed by atoms with E-state index in [-0.39, 0.29) is 5.54 Å². The van der Waals surface area contributed by atoms with Crippen LogP contribution in [0.4, 0.5) is 0 Å². The molecule has 0 saturated heterocycles. The Hall–Kier alpha value is -1.51. The maximum Gasteiger partial charge on any atom is 0.283 e. The number of amidine groups is 1. The Balaban J connectivity index is 2.15. The largest absolute Gasteiger partial charge is 0.462 e. The van der Waals surface area contributed by atoms with Gasteiger partial charge in [0.15, 0.2) is 0 Å². The van der Waals surface area contributed by atoms with Crippen LogP contribution in [0.2, 0.25) is 0 Å². The first kappa shape index (κ1) is 9.70. The number of hydrogen-bond acceptors (Lipinski definition) is 3. The second kappa shape index (κ2) is 3.24. The molecule has 2 aliphatic rings. The van der Waals surface area contributed by atoms with Crippen LogP contribution >= 0.6 is 0 Å². The Labute approximate surface area is 95.3 Å². The van der Waals surface area contributed by atoms with Crippen LogP contribution in [0.5, 0.6) is 0 Å². The molecule has 0 bridgehead atoms. The van der Waals surface area contributed by atoms with Crippen molar-refractivity contribution >= 4 is 6.02 Å². The molecule has 1 aliphatic heterocycles. The quantitative estimate of drug-likeness (QED) is 0.722. The predicted molar refractivity (Wildman–Crippen MR) is 63.3 cm³/mol. The Bertz CT molecular complexity index is 455. The van der Waals surface area contributed by atoms with E-state index in [9.17, 15) is 0 Å². The highest BCUT2D eigenvalue weighted by Gasteiger charge is 2.42. The van der Waals surface area contributed by atoms with E-state index in [1.54, 1.807) is 0 Å². The van der Waals surface area contributed by atoms with E-state index < -0.39 is 0 Å². The molecule has 16 heavy (non-hydrogen) atoms. The summed E-state index contributed by atoms with van der Waals surface area (Å²) in [6.45, 7) is 2.87. The number of nitrogens with zero attached hydrogens (tertiary/aromatic N) is 1. The van der Waals surface area contributed by atoms with Crippen LogP contribution in [0.3, 0.4) is 0 Å². The maximum atomic E-state index is 5.66. The van der Waals surface area contributed by atoms with Gasteiger partial charge >= 0.3 is 0 Å². The molecule has 3 rings (SSSR count). The molecule has 1 aliphatic carbocycles. The third-order valence-electron chi connectivity index (χ3n) is 3.77. The first-order chi connectivity index (χ1) is 7.71. The van der Waals surface area contributed by atoms with Crippen molar-refractivity contribution in [2.24, 2.45) is 10.7 Å². The van der Waals surface area contributed by atoms with E-state index in [0.29, 0.717) is 18.5 Å². The van der Waals surface area contributed by atoms with Crippen molar-refractivity contribution in [3.05, 3.63) is 35.4 Å². The van der Waals surface area contributed by atoms with Gasteiger partial charge < -0.3 is 10.5 Å². The zero-order chi connectivity index (χ0) is 11.2. The molecule has 1 spiro atoms.